The highest BCUT2D eigenvalue weighted by Gasteiger charge is 2.46. The number of primary sulfonamides is 1. The molecule has 0 fully saturated rings. The lowest BCUT2D eigenvalue weighted by molar-refractivity contribution is 0.524. The molecule has 82 valence electrons. The minimum atomic E-state index is -3.67. The molecule has 6 heteroatoms. The van der Waals surface area contributed by atoms with E-state index < -0.39 is 14.1 Å². The highest BCUT2D eigenvalue weighted by atomic mass is 32.3. The second-order valence-corrected chi connectivity index (χ2v) is 6.63. The van der Waals surface area contributed by atoms with E-state index >= 15 is 0 Å². The van der Waals surface area contributed by atoms with Gasteiger partial charge in [-0.2, -0.15) is 0 Å². The van der Waals surface area contributed by atoms with Gasteiger partial charge in [-0.3, -0.25) is 0 Å². The maximum Gasteiger partial charge on any atom is 0.229 e. The molecule has 1 aliphatic rings. The zero-order valence-corrected chi connectivity index (χ0v) is 9.77. The van der Waals surface area contributed by atoms with E-state index in [1.807, 2.05) is 6.08 Å². The van der Waals surface area contributed by atoms with Gasteiger partial charge in [0.1, 0.15) is 5.76 Å². The number of nitrogens with two attached hydrogens (primary N) is 1. The van der Waals surface area contributed by atoms with Gasteiger partial charge >= 0.3 is 0 Å². The minimum absolute atomic E-state index is 0.386. The molecule has 0 bridgehead atoms. The van der Waals surface area contributed by atoms with E-state index in [4.69, 9.17) is 9.56 Å². The molecule has 2 heterocycles. The van der Waals surface area contributed by atoms with Gasteiger partial charge in [0.05, 0.1) is 6.26 Å². The lowest BCUT2D eigenvalue weighted by Gasteiger charge is -2.24. The van der Waals surface area contributed by atoms with E-state index in [2.05, 4.69) is 0 Å². The summed E-state index contributed by atoms with van der Waals surface area (Å²) >= 11 is 1.22. The van der Waals surface area contributed by atoms with Crippen molar-refractivity contribution in [3.63, 3.8) is 0 Å². The number of aryl methyl sites for hydroxylation is 1. The summed E-state index contributed by atoms with van der Waals surface area (Å²) in [6.07, 6.45) is 3.68. The Kier molecular flexibility index (Phi) is 2.44. The number of allylic oxidation sites excluding steroid dienone is 1. The van der Waals surface area contributed by atoms with E-state index in [1.54, 1.807) is 18.4 Å². The number of rotatable bonds is 2. The fraction of sp³-hybridized carbons (Fsp3) is 0.333. The summed E-state index contributed by atoms with van der Waals surface area (Å²) in [5.74, 6) is 0.597. The van der Waals surface area contributed by atoms with Gasteiger partial charge in [0.2, 0.25) is 10.0 Å². The van der Waals surface area contributed by atoms with Crippen LogP contribution in [-0.4, -0.2) is 8.42 Å². The second kappa shape index (κ2) is 3.40. The molecule has 0 saturated heterocycles. The molecule has 0 spiro atoms. The number of furan rings is 1. The van der Waals surface area contributed by atoms with Crippen molar-refractivity contribution in [3.05, 3.63) is 35.1 Å². The Labute approximate surface area is 92.6 Å². The molecule has 1 aromatic rings. The Balaban J connectivity index is 2.60. The second-order valence-electron chi connectivity index (χ2n) is 3.38. The SMILES string of the molecule is Cc1occc1C1(S(N)(=O)=O)CC=CS1. The van der Waals surface area contributed by atoms with Gasteiger partial charge in [0.15, 0.2) is 4.08 Å². The van der Waals surface area contributed by atoms with E-state index in [-0.39, 0.29) is 0 Å². The Hall–Kier alpha value is -0.720. The van der Waals surface area contributed by atoms with Crippen molar-refractivity contribution >= 4 is 21.8 Å². The first kappa shape index (κ1) is 10.8. The van der Waals surface area contributed by atoms with Gasteiger partial charge in [0.25, 0.3) is 0 Å². The van der Waals surface area contributed by atoms with Gasteiger partial charge in [-0.15, -0.1) is 11.8 Å². The molecule has 1 aromatic heterocycles. The van der Waals surface area contributed by atoms with E-state index in [0.717, 1.165) is 0 Å². The van der Waals surface area contributed by atoms with E-state index in [9.17, 15) is 8.42 Å². The Morgan fingerprint density at radius 3 is 2.73 bits per heavy atom. The van der Waals surface area contributed by atoms with Crippen molar-refractivity contribution < 1.29 is 12.8 Å². The fourth-order valence-corrected chi connectivity index (χ4v) is 4.19. The summed E-state index contributed by atoms with van der Waals surface area (Å²) in [7, 11) is -3.67. The topological polar surface area (TPSA) is 73.3 Å². The van der Waals surface area contributed by atoms with Crippen LogP contribution in [0.3, 0.4) is 0 Å². The third-order valence-corrected chi connectivity index (χ3v) is 5.86. The number of thioether (sulfide) groups is 1. The number of hydrogen-bond donors (Lipinski definition) is 1. The van der Waals surface area contributed by atoms with Crippen LogP contribution in [-0.2, 0) is 14.1 Å². The summed E-state index contributed by atoms with van der Waals surface area (Å²) in [5.41, 5.74) is 0.639. The fourth-order valence-electron chi connectivity index (χ4n) is 1.70. The van der Waals surface area contributed by atoms with Crippen LogP contribution in [0.15, 0.2) is 28.2 Å². The van der Waals surface area contributed by atoms with Crippen LogP contribution in [0.25, 0.3) is 0 Å². The molecular formula is C9H11NO3S2. The third kappa shape index (κ3) is 1.53. The Morgan fingerprint density at radius 1 is 1.60 bits per heavy atom. The average Bonchev–Trinajstić information content (AvgIpc) is 2.70. The van der Waals surface area contributed by atoms with Crippen LogP contribution in [0.1, 0.15) is 17.7 Å². The Morgan fingerprint density at radius 2 is 2.33 bits per heavy atom. The van der Waals surface area contributed by atoms with Gasteiger partial charge in [-0.05, 0) is 18.4 Å². The summed E-state index contributed by atoms with van der Waals surface area (Å²) < 4.78 is 27.4. The smallest absolute Gasteiger partial charge is 0.229 e. The molecule has 0 amide bonds. The quantitative estimate of drug-likeness (QED) is 0.860. The van der Waals surface area contributed by atoms with Crippen LogP contribution in [0.5, 0.6) is 0 Å². The molecule has 2 N–H and O–H groups in total. The Bertz CT molecular complexity index is 493. The largest absolute Gasteiger partial charge is 0.469 e. The van der Waals surface area contributed by atoms with Crippen molar-refractivity contribution in [1.29, 1.82) is 0 Å². The number of hydrogen-bond acceptors (Lipinski definition) is 4. The highest BCUT2D eigenvalue weighted by Crippen LogP contribution is 2.49. The lowest BCUT2D eigenvalue weighted by atomic mass is 10.1. The third-order valence-electron chi connectivity index (χ3n) is 2.47. The molecule has 1 aliphatic heterocycles. The lowest BCUT2D eigenvalue weighted by Crippen LogP contribution is -2.36. The maximum absolute atomic E-state index is 11.7. The molecule has 15 heavy (non-hydrogen) atoms. The van der Waals surface area contributed by atoms with Crippen LogP contribution in [0.4, 0.5) is 0 Å². The minimum Gasteiger partial charge on any atom is -0.469 e. The summed E-state index contributed by atoms with van der Waals surface area (Å²) in [6.45, 7) is 1.74. The molecule has 0 saturated carbocycles. The predicted octanol–water partition coefficient (Wildman–Crippen LogP) is 1.68. The zero-order valence-electron chi connectivity index (χ0n) is 8.14. The molecule has 0 radical (unpaired) electrons. The molecule has 0 aliphatic carbocycles. The van der Waals surface area contributed by atoms with Crippen LogP contribution < -0.4 is 5.14 Å². The highest BCUT2D eigenvalue weighted by molar-refractivity contribution is 8.15. The normalized spacial score (nSPS) is 26.0. The average molecular weight is 245 g/mol. The van der Waals surface area contributed by atoms with Crippen molar-refractivity contribution in [1.82, 2.24) is 0 Å². The van der Waals surface area contributed by atoms with E-state index in [0.29, 0.717) is 17.7 Å². The monoisotopic (exact) mass is 245 g/mol. The summed E-state index contributed by atoms with van der Waals surface area (Å²) in [5, 5.41) is 7.07. The van der Waals surface area contributed by atoms with Crippen LogP contribution in [0, 0.1) is 6.92 Å². The van der Waals surface area contributed by atoms with Crippen LogP contribution >= 0.6 is 11.8 Å². The summed E-state index contributed by atoms with van der Waals surface area (Å²) in [4.78, 5) is 0. The van der Waals surface area contributed by atoms with Crippen molar-refractivity contribution in [2.24, 2.45) is 5.14 Å². The first-order valence-electron chi connectivity index (χ1n) is 4.37. The molecule has 2 rings (SSSR count). The van der Waals surface area contributed by atoms with E-state index in [1.165, 1.54) is 18.0 Å². The molecule has 4 nitrogen and oxygen atoms in total. The predicted molar refractivity (Wildman–Crippen MR) is 59.6 cm³/mol. The number of sulfonamides is 1. The van der Waals surface area contributed by atoms with Gasteiger partial charge in [0, 0.05) is 12.0 Å². The maximum atomic E-state index is 11.7. The zero-order chi connectivity index (χ0) is 11.1. The van der Waals surface area contributed by atoms with Gasteiger partial charge < -0.3 is 4.42 Å². The molecule has 1 unspecified atom stereocenters. The van der Waals surface area contributed by atoms with Crippen LogP contribution in [0.2, 0.25) is 0 Å². The summed E-state index contributed by atoms with van der Waals surface area (Å²) in [6, 6.07) is 1.67. The first-order chi connectivity index (χ1) is 6.97. The van der Waals surface area contributed by atoms with Crippen molar-refractivity contribution in [3.8, 4) is 0 Å². The molecular weight excluding hydrogens is 234 g/mol. The van der Waals surface area contributed by atoms with Crippen molar-refractivity contribution in [2.75, 3.05) is 0 Å². The molecule has 1 atom stereocenters. The molecule has 0 aromatic carbocycles. The first-order valence-corrected chi connectivity index (χ1v) is 6.80. The van der Waals surface area contributed by atoms with Crippen molar-refractivity contribution in [2.45, 2.75) is 17.4 Å². The van der Waals surface area contributed by atoms with Gasteiger partial charge in [-0.1, -0.05) is 6.08 Å². The standard InChI is InChI=1S/C9H11NO3S2/c1-7-8(3-5-13-7)9(15(10,11)12)4-2-6-14-9/h2-3,5-6H,4H2,1H3,(H2,10,11,12). The van der Waals surface area contributed by atoms with Gasteiger partial charge in [-0.25, -0.2) is 13.6 Å².